The van der Waals surface area contributed by atoms with Crippen LogP contribution >= 0.6 is 0 Å². The summed E-state index contributed by atoms with van der Waals surface area (Å²) in [5.74, 6) is 0. The zero-order valence-electron chi connectivity index (χ0n) is 13.0. The van der Waals surface area contributed by atoms with E-state index in [-0.39, 0.29) is 17.3 Å². The normalized spacial score (nSPS) is 27.0. The lowest BCUT2D eigenvalue weighted by Gasteiger charge is -2.32. The lowest BCUT2D eigenvalue weighted by atomic mass is 9.85. The molecule has 0 aromatic carbocycles. The highest BCUT2D eigenvalue weighted by atomic mass is 16.7. The van der Waals surface area contributed by atoms with Crippen molar-refractivity contribution in [2.24, 2.45) is 0 Å². The average Bonchev–Trinajstić information content (AvgIpc) is 2.97. The van der Waals surface area contributed by atoms with Gasteiger partial charge in [-0.25, -0.2) is 9.97 Å². The van der Waals surface area contributed by atoms with Crippen LogP contribution in [-0.2, 0) is 14.0 Å². The molecular weight excluding hydrogens is 271 g/mol. The molecule has 2 aliphatic heterocycles. The lowest BCUT2D eigenvalue weighted by Crippen LogP contribution is -2.41. The Morgan fingerprint density at radius 1 is 1.24 bits per heavy atom. The van der Waals surface area contributed by atoms with Gasteiger partial charge in [-0.15, -0.1) is 0 Å². The van der Waals surface area contributed by atoms with Crippen LogP contribution in [0.25, 0.3) is 0 Å². The van der Waals surface area contributed by atoms with E-state index in [9.17, 15) is 0 Å². The van der Waals surface area contributed by atoms with E-state index in [2.05, 4.69) is 9.97 Å². The Kier molecular flexibility index (Phi) is 3.67. The summed E-state index contributed by atoms with van der Waals surface area (Å²) in [5, 5.41) is 0. The zero-order chi connectivity index (χ0) is 15.1. The molecule has 7 heteroatoms. The Balaban J connectivity index is 1.74. The van der Waals surface area contributed by atoms with E-state index < -0.39 is 7.12 Å². The average molecular weight is 292 g/mol. The van der Waals surface area contributed by atoms with Crippen molar-refractivity contribution in [3.05, 3.63) is 12.3 Å². The second-order valence-electron chi connectivity index (χ2n) is 6.46. The van der Waals surface area contributed by atoms with E-state index in [4.69, 9.17) is 18.8 Å². The Labute approximate surface area is 125 Å². The zero-order valence-corrected chi connectivity index (χ0v) is 13.0. The van der Waals surface area contributed by atoms with Gasteiger partial charge in [0.1, 0.15) is 6.10 Å². The van der Waals surface area contributed by atoms with Crippen LogP contribution in [-0.4, -0.2) is 47.6 Å². The van der Waals surface area contributed by atoms with E-state index >= 15 is 0 Å². The molecule has 2 fully saturated rings. The van der Waals surface area contributed by atoms with Gasteiger partial charge in [0.05, 0.1) is 30.0 Å². The van der Waals surface area contributed by atoms with Crippen molar-refractivity contribution in [2.75, 3.05) is 13.2 Å². The molecule has 2 saturated heterocycles. The lowest BCUT2D eigenvalue weighted by molar-refractivity contribution is 0.00578. The summed E-state index contributed by atoms with van der Waals surface area (Å²) in [5.41, 5.74) is -0.0937. The molecule has 3 heterocycles. The Bertz CT molecular complexity index is 501. The monoisotopic (exact) mass is 292 g/mol. The standard InChI is InChI=1S/C14H21BN2O4/c1-13(2)14(3,4)21-15(20-13)11-5-7-16-12(17-11)19-10-6-8-18-9-10/h5,7,10H,6,8-9H2,1-4H3. The summed E-state index contributed by atoms with van der Waals surface area (Å²) < 4.78 is 23.0. The molecule has 3 rings (SSSR count). The summed E-state index contributed by atoms with van der Waals surface area (Å²) >= 11 is 0. The van der Waals surface area contributed by atoms with Crippen molar-refractivity contribution in [2.45, 2.75) is 51.4 Å². The third-order valence-electron chi connectivity index (χ3n) is 4.31. The van der Waals surface area contributed by atoms with Crippen molar-refractivity contribution in [1.29, 1.82) is 0 Å². The number of ether oxygens (including phenoxy) is 2. The maximum atomic E-state index is 5.98. The second kappa shape index (κ2) is 5.23. The fourth-order valence-electron chi connectivity index (χ4n) is 2.26. The van der Waals surface area contributed by atoms with Gasteiger partial charge >= 0.3 is 13.1 Å². The minimum Gasteiger partial charge on any atom is -0.458 e. The van der Waals surface area contributed by atoms with Gasteiger partial charge in [0.2, 0.25) is 0 Å². The van der Waals surface area contributed by atoms with Gasteiger partial charge in [0.15, 0.2) is 0 Å². The molecule has 0 bridgehead atoms. The molecule has 0 amide bonds. The Hall–Kier alpha value is -1.18. The maximum Gasteiger partial charge on any atom is 0.514 e. The van der Waals surface area contributed by atoms with Gasteiger partial charge in [-0.2, -0.15) is 0 Å². The minimum absolute atomic E-state index is 0.0264. The molecule has 0 spiro atoms. The van der Waals surface area contributed by atoms with Gasteiger partial charge in [-0.1, -0.05) is 0 Å². The number of hydrogen-bond donors (Lipinski definition) is 0. The quantitative estimate of drug-likeness (QED) is 0.773. The Morgan fingerprint density at radius 2 is 1.95 bits per heavy atom. The second-order valence-corrected chi connectivity index (χ2v) is 6.46. The van der Waals surface area contributed by atoms with Crippen molar-refractivity contribution in [1.82, 2.24) is 9.97 Å². The van der Waals surface area contributed by atoms with E-state index in [0.29, 0.717) is 18.2 Å². The van der Waals surface area contributed by atoms with Crippen molar-refractivity contribution in [3.63, 3.8) is 0 Å². The summed E-state index contributed by atoms with van der Waals surface area (Å²) in [7, 11) is -0.500. The van der Waals surface area contributed by atoms with Gasteiger partial charge in [0, 0.05) is 12.6 Å². The molecule has 1 aromatic heterocycles. The van der Waals surface area contributed by atoms with E-state index in [1.807, 2.05) is 27.7 Å². The van der Waals surface area contributed by atoms with Crippen LogP contribution in [0.1, 0.15) is 34.1 Å². The van der Waals surface area contributed by atoms with Crippen LogP contribution < -0.4 is 10.3 Å². The van der Waals surface area contributed by atoms with Crippen molar-refractivity contribution >= 4 is 12.7 Å². The molecule has 6 nitrogen and oxygen atoms in total. The molecule has 1 atom stereocenters. The first-order valence-corrected chi connectivity index (χ1v) is 7.30. The first kappa shape index (κ1) is 14.7. The van der Waals surface area contributed by atoms with Crippen LogP contribution in [0.2, 0.25) is 0 Å². The molecule has 1 unspecified atom stereocenters. The highest BCUT2D eigenvalue weighted by Crippen LogP contribution is 2.36. The van der Waals surface area contributed by atoms with Crippen LogP contribution in [0.3, 0.4) is 0 Å². The molecule has 114 valence electrons. The molecule has 2 aliphatic rings. The van der Waals surface area contributed by atoms with Gasteiger partial charge in [-0.3, -0.25) is 0 Å². The summed E-state index contributed by atoms with van der Waals surface area (Å²) in [6, 6.07) is 2.14. The Morgan fingerprint density at radius 3 is 2.57 bits per heavy atom. The van der Waals surface area contributed by atoms with E-state index in [1.54, 1.807) is 12.3 Å². The fourth-order valence-corrected chi connectivity index (χ4v) is 2.26. The summed E-state index contributed by atoms with van der Waals surface area (Å²) in [4.78, 5) is 8.56. The highest BCUT2D eigenvalue weighted by Gasteiger charge is 2.52. The third kappa shape index (κ3) is 2.91. The molecule has 0 saturated carbocycles. The van der Waals surface area contributed by atoms with Gasteiger partial charge in [-0.05, 0) is 33.8 Å². The number of nitrogens with zero attached hydrogens (tertiary/aromatic N) is 2. The topological polar surface area (TPSA) is 62.7 Å². The van der Waals surface area contributed by atoms with Gasteiger partial charge < -0.3 is 18.8 Å². The summed E-state index contributed by atoms with van der Waals surface area (Å²) in [6.45, 7) is 9.37. The molecule has 21 heavy (non-hydrogen) atoms. The van der Waals surface area contributed by atoms with Crippen molar-refractivity contribution in [3.8, 4) is 6.01 Å². The minimum atomic E-state index is -0.500. The van der Waals surface area contributed by atoms with Crippen LogP contribution in [0.15, 0.2) is 12.3 Å². The first-order chi connectivity index (χ1) is 9.87. The first-order valence-electron chi connectivity index (χ1n) is 7.30. The molecule has 1 aromatic rings. The molecule has 0 aliphatic carbocycles. The molecule has 0 radical (unpaired) electrons. The summed E-state index contributed by atoms with van der Waals surface area (Å²) in [6.07, 6.45) is 2.56. The maximum absolute atomic E-state index is 5.98. The van der Waals surface area contributed by atoms with Crippen molar-refractivity contribution < 1.29 is 18.8 Å². The van der Waals surface area contributed by atoms with Crippen LogP contribution in [0, 0.1) is 0 Å². The fraction of sp³-hybridized carbons (Fsp3) is 0.714. The van der Waals surface area contributed by atoms with E-state index in [0.717, 1.165) is 13.0 Å². The molecular formula is C14H21BN2O4. The van der Waals surface area contributed by atoms with Crippen LogP contribution in [0.4, 0.5) is 0 Å². The largest absolute Gasteiger partial charge is 0.514 e. The highest BCUT2D eigenvalue weighted by molar-refractivity contribution is 6.61. The number of aromatic nitrogens is 2. The van der Waals surface area contributed by atoms with Gasteiger partial charge in [0.25, 0.3) is 0 Å². The predicted molar refractivity (Wildman–Crippen MR) is 77.6 cm³/mol. The third-order valence-corrected chi connectivity index (χ3v) is 4.31. The van der Waals surface area contributed by atoms with E-state index in [1.165, 1.54) is 0 Å². The molecule has 0 N–H and O–H groups in total. The predicted octanol–water partition coefficient (Wildman–Crippen LogP) is 0.943. The number of rotatable bonds is 3. The van der Waals surface area contributed by atoms with Crippen LogP contribution in [0.5, 0.6) is 6.01 Å². The SMILES string of the molecule is CC1(C)OB(c2ccnc(OC3CCOC3)n2)OC1(C)C. The number of hydrogen-bond acceptors (Lipinski definition) is 6. The smallest absolute Gasteiger partial charge is 0.458 e.